The molecule has 74 valence electrons. The third-order valence-electron chi connectivity index (χ3n) is 1.76. The van der Waals surface area contributed by atoms with Crippen molar-refractivity contribution in [1.29, 1.82) is 0 Å². The van der Waals surface area contributed by atoms with Gasteiger partial charge in [0.15, 0.2) is 0 Å². The third kappa shape index (κ3) is 2.39. The summed E-state index contributed by atoms with van der Waals surface area (Å²) in [7, 11) is -0.313. The third-order valence-corrected chi connectivity index (χ3v) is 4.18. The maximum atomic E-state index is 9.84. The number of halogens is 1. The molecule has 0 fully saturated rings. The van der Waals surface area contributed by atoms with E-state index in [0.29, 0.717) is 10.3 Å². The molecule has 5 heteroatoms. The molecular weight excluding hydrogens is 211 g/mol. The molecule has 3 nitrogen and oxygen atoms in total. The molecule has 1 aromatic rings. The molecule has 0 spiro atoms. The Kier molecular flexibility index (Phi) is 3.65. The summed E-state index contributed by atoms with van der Waals surface area (Å²) in [5, 5.41) is 1.26. The van der Waals surface area contributed by atoms with Crippen molar-refractivity contribution in [3.8, 4) is 0 Å². The van der Waals surface area contributed by atoms with Gasteiger partial charge in [-0.3, -0.25) is 0 Å². The van der Waals surface area contributed by atoms with E-state index in [1.807, 2.05) is 0 Å². The van der Waals surface area contributed by atoms with Crippen LogP contribution in [0, 0.1) is 0 Å². The zero-order valence-corrected chi connectivity index (χ0v) is 9.21. The second kappa shape index (κ2) is 4.36. The summed E-state index contributed by atoms with van der Waals surface area (Å²) in [5.41, 5.74) is 0. The van der Waals surface area contributed by atoms with Crippen molar-refractivity contribution in [3.05, 3.63) is 29.3 Å². The van der Waals surface area contributed by atoms with Crippen LogP contribution in [0.5, 0.6) is 0 Å². The van der Waals surface area contributed by atoms with Crippen molar-refractivity contribution in [3.63, 3.8) is 0 Å². The molecule has 0 amide bonds. The summed E-state index contributed by atoms with van der Waals surface area (Å²) >= 11 is 5.70. The minimum atomic E-state index is -3.16. The van der Waals surface area contributed by atoms with Crippen LogP contribution in [0.4, 0.5) is 0 Å². The molecule has 1 N–H and O–H groups in total. The van der Waals surface area contributed by atoms with Crippen LogP contribution in [0.2, 0.25) is 5.02 Å². The molecule has 13 heavy (non-hydrogen) atoms. The van der Waals surface area contributed by atoms with Crippen molar-refractivity contribution in [2.45, 2.75) is 0 Å². The Labute approximate surface area is 82.8 Å². The van der Waals surface area contributed by atoms with Crippen molar-refractivity contribution in [1.82, 2.24) is 0 Å². The average molecular weight is 223 g/mol. The Morgan fingerprint density at radius 1 is 1.15 bits per heavy atom. The van der Waals surface area contributed by atoms with E-state index in [0.717, 1.165) is 0 Å². The molecule has 0 bridgehead atoms. The van der Waals surface area contributed by atoms with E-state index in [9.17, 15) is 4.89 Å². The van der Waals surface area contributed by atoms with Crippen molar-refractivity contribution >= 4 is 24.8 Å². The number of rotatable bonds is 3. The van der Waals surface area contributed by atoms with Gasteiger partial charge in [0, 0.05) is 0 Å². The predicted molar refractivity (Wildman–Crippen MR) is 55.6 cm³/mol. The molecule has 0 heterocycles. The van der Waals surface area contributed by atoms with E-state index < -0.39 is 7.94 Å². The summed E-state index contributed by atoms with van der Waals surface area (Å²) in [5.74, 6) is 0. The molecular formula is C8H12ClO3P. The van der Waals surface area contributed by atoms with Gasteiger partial charge in [0.25, 0.3) is 0 Å². The van der Waals surface area contributed by atoms with Gasteiger partial charge >= 0.3 is 82.3 Å². The summed E-state index contributed by atoms with van der Waals surface area (Å²) in [4.78, 5) is 9.84. The first-order valence-corrected chi connectivity index (χ1v) is 5.85. The van der Waals surface area contributed by atoms with Crippen LogP contribution in [-0.4, -0.2) is 19.1 Å². The fourth-order valence-corrected chi connectivity index (χ4v) is 2.33. The Balaban J connectivity index is 2.99. The van der Waals surface area contributed by atoms with E-state index in [4.69, 9.17) is 20.6 Å². The summed E-state index contributed by atoms with van der Waals surface area (Å²) in [6.07, 6.45) is 0. The Hall–Kier alpha value is -0.180. The number of benzene rings is 1. The van der Waals surface area contributed by atoms with Crippen LogP contribution in [0.1, 0.15) is 0 Å². The Morgan fingerprint density at radius 3 is 2.00 bits per heavy atom. The summed E-state index contributed by atoms with van der Waals surface area (Å²) in [6, 6.07) is 6.77. The van der Waals surface area contributed by atoms with Gasteiger partial charge in [0.05, 0.1) is 0 Å². The van der Waals surface area contributed by atoms with Crippen molar-refractivity contribution < 1.29 is 13.9 Å². The van der Waals surface area contributed by atoms with E-state index in [-0.39, 0.29) is 0 Å². The van der Waals surface area contributed by atoms with Crippen LogP contribution in [0.15, 0.2) is 24.3 Å². The van der Waals surface area contributed by atoms with Gasteiger partial charge in [-0.05, 0) is 0 Å². The zero-order valence-electron chi connectivity index (χ0n) is 7.45. The fraction of sp³-hybridized carbons (Fsp3) is 0.250. The van der Waals surface area contributed by atoms with E-state index >= 15 is 0 Å². The van der Waals surface area contributed by atoms with Crippen molar-refractivity contribution in [2.75, 3.05) is 14.2 Å². The Bertz CT molecular complexity index is 271. The number of hydrogen-bond acceptors (Lipinski definition) is 3. The molecule has 1 aromatic carbocycles. The molecule has 0 aliphatic carbocycles. The van der Waals surface area contributed by atoms with Gasteiger partial charge in [-0.1, -0.05) is 0 Å². The van der Waals surface area contributed by atoms with Gasteiger partial charge in [-0.15, -0.1) is 0 Å². The van der Waals surface area contributed by atoms with E-state index in [1.54, 1.807) is 24.3 Å². The second-order valence-electron chi connectivity index (χ2n) is 2.50. The molecule has 0 aliphatic rings. The molecule has 0 unspecified atom stereocenters. The molecule has 1 rings (SSSR count). The fourth-order valence-electron chi connectivity index (χ4n) is 0.980. The van der Waals surface area contributed by atoms with Gasteiger partial charge in [0.2, 0.25) is 0 Å². The minimum absolute atomic E-state index is 0.618. The normalized spacial score (nSPS) is 12.9. The van der Waals surface area contributed by atoms with Crippen LogP contribution < -0.4 is 5.30 Å². The van der Waals surface area contributed by atoms with Crippen LogP contribution >= 0.6 is 19.5 Å². The standard InChI is InChI=1S/C8H12ClO3P/c1-11-13(10,12-2)8-5-3-7(9)4-6-8/h3-6,10,13H,1-2H3. The van der Waals surface area contributed by atoms with E-state index in [2.05, 4.69) is 0 Å². The molecule has 0 aliphatic heterocycles. The van der Waals surface area contributed by atoms with Crippen molar-refractivity contribution in [2.24, 2.45) is 0 Å². The monoisotopic (exact) mass is 222 g/mol. The predicted octanol–water partition coefficient (Wildman–Crippen LogP) is 1.75. The first-order valence-electron chi connectivity index (χ1n) is 3.71. The molecule has 0 saturated heterocycles. The van der Waals surface area contributed by atoms with Gasteiger partial charge in [0.1, 0.15) is 0 Å². The molecule has 0 radical (unpaired) electrons. The first-order chi connectivity index (χ1) is 6.12. The maximum absolute atomic E-state index is 9.84. The summed E-state index contributed by atoms with van der Waals surface area (Å²) < 4.78 is 9.88. The Morgan fingerprint density at radius 2 is 1.62 bits per heavy atom. The summed E-state index contributed by atoms with van der Waals surface area (Å²) in [6.45, 7) is 0. The van der Waals surface area contributed by atoms with E-state index in [1.165, 1.54) is 14.2 Å². The molecule has 0 atom stereocenters. The van der Waals surface area contributed by atoms with Crippen LogP contribution in [0.25, 0.3) is 0 Å². The average Bonchev–Trinajstić information content (AvgIpc) is 2.18. The zero-order chi connectivity index (χ0) is 9.90. The number of hydrogen-bond donors (Lipinski definition) is 1. The van der Waals surface area contributed by atoms with Gasteiger partial charge < -0.3 is 0 Å². The quantitative estimate of drug-likeness (QED) is 0.792. The SMILES string of the molecule is CO[PH](O)(OC)c1ccc(Cl)cc1. The van der Waals surface area contributed by atoms with Crippen LogP contribution in [0.3, 0.4) is 0 Å². The molecule has 0 aromatic heterocycles. The van der Waals surface area contributed by atoms with Gasteiger partial charge in [-0.2, -0.15) is 0 Å². The second-order valence-corrected chi connectivity index (χ2v) is 5.49. The first kappa shape index (κ1) is 10.9. The topological polar surface area (TPSA) is 38.7 Å². The molecule has 0 saturated carbocycles. The van der Waals surface area contributed by atoms with Crippen LogP contribution in [-0.2, 0) is 9.05 Å². The van der Waals surface area contributed by atoms with Gasteiger partial charge in [-0.25, -0.2) is 0 Å².